The van der Waals surface area contributed by atoms with Gasteiger partial charge in [0.25, 0.3) is 5.91 Å². The highest BCUT2D eigenvalue weighted by Crippen LogP contribution is 2.27. The Labute approximate surface area is 92.8 Å². The lowest BCUT2D eigenvalue weighted by Crippen LogP contribution is -2.26. The summed E-state index contributed by atoms with van der Waals surface area (Å²) < 4.78 is 0. The van der Waals surface area contributed by atoms with Crippen LogP contribution >= 0.6 is 11.6 Å². The number of carbonyl (C=O) groups is 1. The van der Waals surface area contributed by atoms with Gasteiger partial charge < -0.3 is 11.1 Å². The maximum Gasteiger partial charge on any atom is 0.254 e. The molecule has 15 heavy (non-hydrogen) atoms. The summed E-state index contributed by atoms with van der Waals surface area (Å²) >= 11 is 5.79. The molecule has 1 aromatic heterocycles. The van der Waals surface area contributed by atoms with E-state index >= 15 is 0 Å². The van der Waals surface area contributed by atoms with Crippen LogP contribution in [0.3, 0.4) is 0 Å². The van der Waals surface area contributed by atoms with Crippen LogP contribution in [0, 0.1) is 5.92 Å². The van der Waals surface area contributed by atoms with Crippen LogP contribution in [0.15, 0.2) is 12.3 Å². The van der Waals surface area contributed by atoms with Gasteiger partial charge in [0.2, 0.25) is 0 Å². The van der Waals surface area contributed by atoms with E-state index in [0.717, 1.165) is 0 Å². The second-order valence-electron chi connectivity index (χ2n) is 3.76. The van der Waals surface area contributed by atoms with E-state index in [4.69, 9.17) is 17.3 Å². The molecule has 1 fully saturated rings. The summed E-state index contributed by atoms with van der Waals surface area (Å²) in [6.07, 6.45) is 3.83. The van der Waals surface area contributed by atoms with Crippen molar-refractivity contribution in [2.75, 3.05) is 12.3 Å². The molecule has 0 radical (unpaired) electrons. The SMILES string of the molecule is Nc1cnc(Cl)c(C(=O)NCC2CC2)c1. The van der Waals surface area contributed by atoms with Gasteiger partial charge in [-0.3, -0.25) is 4.79 Å². The molecular formula is C10H12ClN3O. The van der Waals surface area contributed by atoms with E-state index in [9.17, 15) is 4.79 Å². The number of halogens is 1. The minimum Gasteiger partial charge on any atom is -0.397 e. The maximum atomic E-state index is 11.7. The van der Waals surface area contributed by atoms with Gasteiger partial charge in [-0.1, -0.05) is 11.6 Å². The quantitative estimate of drug-likeness (QED) is 0.766. The first kappa shape index (κ1) is 10.2. The van der Waals surface area contributed by atoms with Gasteiger partial charge in [-0.2, -0.15) is 0 Å². The molecule has 0 spiro atoms. The number of nitrogen functional groups attached to an aromatic ring is 1. The van der Waals surface area contributed by atoms with Crippen LogP contribution in [0.5, 0.6) is 0 Å². The van der Waals surface area contributed by atoms with Crippen LogP contribution in [-0.2, 0) is 0 Å². The Morgan fingerprint density at radius 1 is 1.67 bits per heavy atom. The Bertz CT molecular complexity index is 390. The van der Waals surface area contributed by atoms with E-state index < -0.39 is 0 Å². The molecule has 80 valence electrons. The van der Waals surface area contributed by atoms with Crippen molar-refractivity contribution in [1.29, 1.82) is 0 Å². The predicted octanol–water partition coefficient (Wildman–Crippen LogP) is 1.46. The zero-order valence-electron chi connectivity index (χ0n) is 8.16. The number of aromatic nitrogens is 1. The fourth-order valence-corrected chi connectivity index (χ4v) is 1.47. The van der Waals surface area contributed by atoms with Crippen molar-refractivity contribution in [3.05, 3.63) is 23.0 Å². The topological polar surface area (TPSA) is 68.0 Å². The van der Waals surface area contributed by atoms with E-state index in [-0.39, 0.29) is 11.1 Å². The van der Waals surface area contributed by atoms with E-state index in [2.05, 4.69) is 10.3 Å². The fraction of sp³-hybridized carbons (Fsp3) is 0.400. The first-order chi connectivity index (χ1) is 7.16. The Kier molecular flexibility index (Phi) is 2.77. The molecule has 1 saturated carbocycles. The molecule has 0 bridgehead atoms. The van der Waals surface area contributed by atoms with E-state index in [0.29, 0.717) is 23.7 Å². The van der Waals surface area contributed by atoms with Crippen molar-refractivity contribution in [1.82, 2.24) is 10.3 Å². The Balaban J connectivity index is 2.05. The van der Waals surface area contributed by atoms with Crippen LogP contribution in [0.2, 0.25) is 5.15 Å². The average molecular weight is 226 g/mol. The highest BCUT2D eigenvalue weighted by Gasteiger charge is 2.22. The van der Waals surface area contributed by atoms with Crippen molar-refractivity contribution in [3.8, 4) is 0 Å². The summed E-state index contributed by atoms with van der Waals surface area (Å²) in [6, 6.07) is 1.54. The normalized spacial score (nSPS) is 15.0. The largest absolute Gasteiger partial charge is 0.397 e. The molecule has 3 N–H and O–H groups in total. The lowest BCUT2D eigenvalue weighted by molar-refractivity contribution is 0.0951. The van der Waals surface area contributed by atoms with E-state index in [1.54, 1.807) is 0 Å². The van der Waals surface area contributed by atoms with Crippen molar-refractivity contribution >= 4 is 23.2 Å². The summed E-state index contributed by atoms with van der Waals surface area (Å²) in [6.45, 7) is 0.712. The molecule has 0 atom stereocenters. The third-order valence-electron chi connectivity index (χ3n) is 2.35. The molecule has 0 saturated heterocycles. The van der Waals surface area contributed by atoms with E-state index in [1.807, 2.05) is 0 Å². The minimum atomic E-state index is -0.202. The number of amides is 1. The first-order valence-corrected chi connectivity index (χ1v) is 5.24. The molecule has 1 aliphatic carbocycles. The molecular weight excluding hydrogens is 214 g/mol. The summed E-state index contributed by atoms with van der Waals surface area (Å²) in [5.74, 6) is 0.438. The van der Waals surface area contributed by atoms with Gasteiger partial charge >= 0.3 is 0 Å². The van der Waals surface area contributed by atoms with Crippen LogP contribution < -0.4 is 11.1 Å². The Hall–Kier alpha value is -1.29. The number of anilines is 1. The highest BCUT2D eigenvalue weighted by atomic mass is 35.5. The number of hydrogen-bond donors (Lipinski definition) is 2. The first-order valence-electron chi connectivity index (χ1n) is 4.86. The van der Waals surface area contributed by atoms with E-state index in [1.165, 1.54) is 25.1 Å². The van der Waals surface area contributed by atoms with Gasteiger partial charge in [0.15, 0.2) is 0 Å². The van der Waals surface area contributed by atoms with Gasteiger partial charge in [-0.15, -0.1) is 0 Å². The van der Waals surface area contributed by atoms with Gasteiger partial charge in [0.1, 0.15) is 5.15 Å². The lowest BCUT2D eigenvalue weighted by atomic mass is 10.2. The maximum absolute atomic E-state index is 11.7. The van der Waals surface area contributed by atoms with Crippen molar-refractivity contribution in [2.24, 2.45) is 5.92 Å². The Morgan fingerprint density at radius 3 is 3.07 bits per heavy atom. The smallest absolute Gasteiger partial charge is 0.254 e. The molecule has 1 aliphatic rings. The second kappa shape index (κ2) is 4.06. The van der Waals surface area contributed by atoms with Crippen LogP contribution in [0.1, 0.15) is 23.2 Å². The standard InChI is InChI=1S/C10H12ClN3O/c11-9-8(3-7(12)5-13-9)10(15)14-4-6-1-2-6/h3,5-6H,1-2,4,12H2,(H,14,15). The molecule has 0 aromatic carbocycles. The third-order valence-corrected chi connectivity index (χ3v) is 2.65. The number of carbonyl (C=O) groups excluding carboxylic acids is 1. The van der Waals surface area contributed by atoms with Gasteiger partial charge in [0, 0.05) is 6.54 Å². The molecule has 4 nitrogen and oxygen atoms in total. The number of pyridine rings is 1. The van der Waals surface area contributed by atoms with Crippen molar-refractivity contribution < 1.29 is 4.79 Å². The fourth-order valence-electron chi connectivity index (χ4n) is 1.28. The number of nitrogens with one attached hydrogen (secondary N) is 1. The zero-order valence-corrected chi connectivity index (χ0v) is 8.92. The summed E-state index contributed by atoms with van der Waals surface area (Å²) in [4.78, 5) is 15.5. The Morgan fingerprint density at radius 2 is 2.40 bits per heavy atom. The van der Waals surface area contributed by atoms with Gasteiger partial charge in [-0.05, 0) is 24.8 Å². The number of nitrogens with zero attached hydrogens (tertiary/aromatic N) is 1. The monoisotopic (exact) mass is 225 g/mol. The molecule has 2 rings (SSSR count). The molecule has 0 aliphatic heterocycles. The molecule has 1 amide bonds. The van der Waals surface area contributed by atoms with Gasteiger partial charge in [0.05, 0.1) is 17.4 Å². The van der Waals surface area contributed by atoms with Crippen molar-refractivity contribution in [2.45, 2.75) is 12.8 Å². The predicted molar refractivity (Wildman–Crippen MR) is 58.7 cm³/mol. The average Bonchev–Trinajstić information content (AvgIpc) is 3.02. The number of hydrogen-bond acceptors (Lipinski definition) is 3. The molecule has 0 unspecified atom stereocenters. The molecule has 1 aromatic rings. The number of rotatable bonds is 3. The van der Waals surface area contributed by atoms with Crippen LogP contribution in [-0.4, -0.2) is 17.4 Å². The van der Waals surface area contributed by atoms with Crippen molar-refractivity contribution in [3.63, 3.8) is 0 Å². The van der Waals surface area contributed by atoms with Crippen LogP contribution in [0.4, 0.5) is 5.69 Å². The summed E-state index contributed by atoms with van der Waals surface area (Å²) in [5.41, 5.74) is 6.32. The zero-order chi connectivity index (χ0) is 10.8. The van der Waals surface area contributed by atoms with Crippen LogP contribution in [0.25, 0.3) is 0 Å². The third kappa shape index (κ3) is 2.59. The van der Waals surface area contributed by atoms with Gasteiger partial charge in [-0.25, -0.2) is 4.98 Å². The lowest BCUT2D eigenvalue weighted by Gasteiger charge is -2.05. The second-order valence-corrected chi connectivity index (χ2v) is 4.12. The summed E-state index contributed by atoms with van der Waals surface area (Å²) in [5, 5.41) is 3.00. The number of nitrogens with two attached hydrogens (primary N) is 1. The summed E-state index contributed by atoms with van der Waals surface area (Å²) in [7, 11) is 0. The highest BCUT2D eigenvalue weighted by molar-refractivity contribution is 6.32. The minimum absolute atomic E-state index is 0.192. The molecule has 5 heteroatoms. The molecule has 1 heterocycles.